The lowest BCUT2D eigenvalue weighted by Crippen LogP contribution is -2.62. The topological polar surface area (TPSA) is 32.3 Å². The molecule has 0 saturated carbocycles. The zero-order chi connectivity index (χ0) is 15.4. The van der Waals surface area contributed by atoms with Crippen molar-refractivity contribution in [3.63, 3.8) is 0 Å². The number of amides is 1. The maximum atomic E-state index is 11.5. The zero-order valence-electron chi connectivity index (χ0n) is 13.9. The minimum absolute atomic E-state index is 0.0599. The first-order valence-corrected chi connectivity index (χ1v) is 7.51. The number of allylic oxidation sites excluding steroid dienone is 2. The van der Waals surface area contributed by atoms with E-state index in [0.717, 1.165) is 19.3 Å². The van der Waals surface area contributed by atoms with Crippen LogP contribution in [0.5, 0.6) is 0 Å². The second kappa shape index (κ2) is 6.57. The average molecular weight is 278 g/mol. The Hall–Kier alpha value is -1.09. The van der Waals surface area contributed by atoms with E-state index in [9.17, 15) is 4.79 Å². The summed E-state index contributed by atoms with van der Waals surface area (Å²) in [5, 5.41) is 3.66. The molecule has 1 N–H and O–H groups in total. The Kier molecular flexibility index (Phi) is 5.58. The Bertz CT molecular complexity index is 378. The molecule has 0 aromatic heterocycles. The largest absolute Gasteiger partial charge is 0.338 e. The van der Waals surface area contributed by atoms with Crippen LogP contribution < -0.4 is 5.32 Å². The third-order valence-electron chi connectivity index (χ3n) is 3.89. The molecule has 0 unspecified atom stereocenters. The average Bonchev–Trinajstić information content (AvgIpc) is 2.30. The monoisotopic (exact) mass is 278 g/mol. The number of carbonyl (C=O) groups is 1. The minimum Gasteiger partial charge on any atom is -0.338 e. The Labute approximate surface area is 124 Å². The molecule has 1 saturated heterocycles. The third-order valence-corrected chi connectivity index (χ3v) is 3.89. The minimum atomic E-state index is 0.0599. The normalized spacial score (nSPS) is 23.0. The predicted octanol–water partition coefficient (Wildman–Crippen LogP) is 3.28. The molecule has 3 heteroatoms. The van der Waals surface area contributed by atoms with Gasteiger partial charge >= 0.3 is 0 Å². The SMILES string of the molecule is C/C=C\C(=C/C)CN(C=O)C1CC(C)(C)NC(C)(C)C1. The van der Waals surface area contributed by atoms with Crippen LogP contribution in [0.15, 0.2) is 23.8 Å². The molecular formula is C17H30N2O. The van der Waals surface area contributed by atoms with Crippen LogP contribution in [0.3, 0.4) is 0 Å². The Balaban J connectivity index is 2.86. The van der Waals surface area contributed by atoms with Crippen molar-refractivity contribution in [1.29, 1.82) is 0 Å². The third kappa shape index (κ3) is 4.78. The molecular weight excluding hydrogens is 248 g/mol. The molecule has 1 aliphatic heterocycles. The summed E-state index contributed by atoms with van der Waals surface area (Å²) in [6.07, 6.45) is 9.16. The summed E-state index contributed by atoms with van der Waals surface area (Å²) < 4.78 is 0. The molecule has 0 atom stereocenters. The summed E-state index contributed by atoms with van der Waals surface area (Å²) in [4.78, 5) is 13.5. The van der Waals surface area contributed by atoms with Crippen LogP contribution in [-0.2, 0) is 4.79 Å². The van der Waals surface area contributed by atoms with Gasteiger partial charge in [-0.15, -0.1) is 0 Å². The standard InChI is InChI=1S/C17H30N2O/c1-7-9-14(8-2)12-19(13-20)15-10-16(3,4)18-17(5,6)11-15/h7-9,13,15,18H,10-12H2,1-6H3/b9-7-,14-8+. The van der Waals surface area contributed by atoms with E-state index < -0.39 is 0 Å². The predicted molar refractivity (Wildman–Crippen MR) is 85.7 cm³/mol. The molecule has 114 valence electrons. The first-order valence-electron chi connectivity index (χ1n) is 7.51. The molecule has 0 aliphatic carbocycles. The van der Waals surface area contributed by atoms with E-state index in [1.54, 1.807) is 0 Å². The number of hydrogen-bond acceptors (Lipinski definition) is 2. The molecule has 1 aliphatic rings. The van der Waals surface area contributed by atoms with E-state index in [1.165, 1.54) is 5.57 Å². The highest BCUT2D eigenvalue weighted by molar-refractivity contribution is 5.49. The van der Waals surface area contributed by atoms with E-state index in [2.05, 4.69) is 45.2 Å². The summed E-state index contributed by atoms with van der Waals surface area (Å²) in [6, 6.07) is 0.291. The van der Waals surface area contributed by atoms with Gasteiger partial charge in [-0.2, -0.15) is 0 Å². The Morgan fingerprint density at radius 1 is 1.20 bits per heavy atom. The van der Waals surface area contributed by atoms with Crippen molar-refractivity contribution in [2.75, 3.05) is 6.54 Å². The van der Waals surface area contributed by atoms with Gasteiger partial charge in [-0.3, -0.25) is 4.79 Å². The maximum absolute atomic E-state index is 11.5. The number of nitrogens with one attached hydrogen (secondary N) is 1. The van der Waals surface area contributed by atoms with E-state index >= 15 is 0 Å². The number of nitrogens with zero attached hydrogens (tertiary/aromatic N) is 1. The summed E-state index contributed by atoms with van der Waals surface area (Å²) in [5.41, 5.74) is 1.31. The van der Waals surface area contributed by atoms with Gasteiger partial charge in [0.1, 0.15) is 0 Å². The van der Waals surface area contributed by atoms with Crippen LogP contribution in [-0.4, -0.2) is 35.0 Å². The summed E-state index contributed by atoms with van der Waals surface area (Å²) >= 11 is 0. The van der Waals surface area contributed by atoms with Gasteiger partial charge in [-0.25, -0.2) is 0 Å². The Morgan fingerprint density at radius 2 is 1.75 bits per heavy atom. The van der Waals surface area contributed by atoms with Gasteiger partial charge in [-0.05, 0) is 60.0 Å². The first kappa shape index (κ1) is 17.0. The van der Waals surface area contributed by atoms with Gasteiger partial charge < -0.3 is 10.2 Å². The summed E-state index contributed by atoms with van der Waals surface area (Å²) in [5.74, 6) is 0. The van der Waals surface area contributed by atoms with Crippen molar-refractivity contribution >= 4 is 6.41 Å². The second-order valence-corrected chi connectivity index (χ2v) is 7.10. The fourth-order valence-electron chi connectivity index (χ4n) is 3.42. The van der Waals surface area contributed by atoms with Gasteiger partial charge in [0.2, 0.25) is 6.41 Å². The van der Waals surface area contributed by atoms with Crippen molar-refractivity contribution in [2.24, 2.45) is 0 Å². The number of hydrogen-bond donors (Lipinski definition) is 1. The fourth-order valence-corrected chi connectivity index (χ4v) is 3.42. The maximum Gasteiger partial charge on any atom is 0.210 e. The summed E-state index contributed by atoms with van der Waals surface area (Å²) in [7, 11) is 0. The molecule has 0 radical (unpaired) electrons. The van der Waals surface area contributed by atoms with Crippen molar-refractivity contribution in [3.8, 4) is 0 Å². The molecule has 1 rings (SSSR count). The smallest absolute Gasteiger partial charge is 0.210 e. The van der Waals surface area contributed by atoms with Gasteiger partial charge in [-0.1, -0.05) is 18.2 Å². The van der Waals surface area contributed by atoms with Crippen LogP contribution in [0.1, 0.15) is 54.4 Å². The quantitative estimate of drug-likeness (QED) is 0.618. The number of rotatable bonds is 5. The zero-order valence-corrected chi connectivity index (χ0v) is 13.9. The lowest BCUT2D eigenvalue weighted by molar-refractivity contribution is -0.121. The molecule has 0 aromatic carbocycles. The van der Waals surface area contributed by atoms with Crippen LogP contribution in [0, 0.1) is 0 Å². The lowest BCUT2D eigenvalue weighted by atomic mass is 9.79. The molecule has 1 amide bonds. The highest BCUT2D eigenvalue weighted by atomic mass is 16.1. The molecule has 3 nitrogen and oxygen atoms in total. The molecule has 0 spiro atoms. The number of piperidine rings is 1. The van der Waals surface area contributed by atoms with E-state index in [4.69, 9.17) is 0 Å². The van der Waals surface area contributed by atoms with Crippen LogP contribution in [0.2, 0.25) is 0 Å². The van der Waals surface area contributed by atoms with Crippen molar-refractivity contribution in [1.82, 2.24) is 10.2 Å². The first-order chi connectivity index (χ1) is 9.23. The molecule has 1 heterocycles. The number of carbonyl (C=O) groups excluding carboxylic acids is 1. The lowest BCUT2D eigenvalue weighted by Gasteiger charge is -2.49. The highest BCUT2D eigenvalue weighted by Crippen LogP contribution is 2.31. The van der Waals surface area contributed by atoms with Gasteiger partial charge in [0, 0.05) is 23.7 Å². The molecule has 0 aromatic rings. The van der Waals surface area contributed by atoms with E-state index in [1.807, 2.05) is 24.8 Å². The van der Waals surface area contributed by atoms with Crippen molar-refractivity contribution in [3.05, 3.63) is 23.8 Å². The summed E-state index contributed by atoms with van der Waals surface area (Å²) in [6.45, 7) is 13.6. The fraction of sp³-hybridized carbons (Fsp3) is 0.706. The highest BCUT2D eigenvalue weighted by Gasteiger charge is 2.39. The van der Waals surface area contributed by atoms with Crippen LogP contribution in [0.25, 0.3) is 0 Å². The van der Waals surface area contributed by atoms with E-state index in [0.29, 0.717) is 12.6 Å². The van der Waals surface area contributed by atoms with Gasteiger partial charge in [0.25, 0.3) is 0 Å². The van der Waals surface area contributed by atoms with Gasteiger partial charge in [0.15, 0.2) is 0 Å². The van der Waals surface area contributed by atoms with Crippen molar-refractivity contribution < 1.29 is 4.79 Å². The van der Waals surface area contributed by atoms with Crippen LogP contribution >= 0.6 is 0 Å². The Morgan fingerprint density at radius 3 is 2.15 bits per heavy atom. The second-order valence-electron chi connectivity index (χ2n) is 7.10. The molecule has 0 bridgehead atoms. The molecule has 1 fully saturated rings. The van der Waals surface area contributed by atoms with E-state index in [-0.39, 0.29) is 11.1 Å². The van der Waals surface area contributed by atoms with Crippen molar-refractivity contribution in [2.45, 2.75) is 71.5 Å². The van der Waals surface area contributed by atoms with Gasteiger partial charge in [0.05, 0.1) is 0 Å². The molecule has 20 heavy (non-hydrogen) atoms. The van der Waals surface area contributed by atoms with Crippen LogP contribution in [0.4, 0.5) is 0 Å².